The van der Waals surface area contributed by atoms with E-state index in [9.17, 15) is 4.79 Å². The van der Waals surface area contributed by atoms with Gasteiger partial charge in [-0.3, -0.25) is 9.79 Å². The summed E-state index contributed by atoms with van der Waals surface area (Å²) in [6, 6.07) is 9.72. The van der Waals surface area contributed by atoms with E-state index in [1.165, 1.54) is 0 Å². The van der Waals surface area contributed by atoms with Gasteiger partial charge in [0.15, 0.2) is 5.96 Å². The molecule has 1 fully saturated rings. The van der Waals surface area contributed by atoms with Crippen molar-refractivity contribution in [2.75, 3.05) is 51.3 Å². The smallest absolute Gasteiger partial charge is 0.225 e. The maximum Gasteiger partial charge on any atom is 0.225 e. The number of nitrogens with one attached hydrogen (secondary N) is 2. The van der Waals surface area contributed by atoms with Crippen LogP contribution < -0.4 is 20.3 Å². The lowest BCUT2D eigenvalue weighted by Crippen LogP contribution is -2.50. The van der Waals surface area contributed by atoms with Crippen LogP contribution in [0.4, 0.5) is 5.95 Å². The third kappa shape index (κ3) is 7.50. The predicted molar refractivity (Wildman–Crippen MR) is 137 cm³/mol. The Hall–Kier alpha value is -2.63. The highest BCUT2D eigenvalue weighted by Crippen LogP contribution is 2.17. The Morgan fingerprint density at radius 2 is 1.81 bits per heavy atom. The Morgan fingerprint density at radius 3 is 2.50 bits per heavy atom. The van der Waals surface area contributed by atoms with E-state index in [1.54, 1.807) is 25.5 Å². The molecular weight excluding hydrogens is 521 g/mol. The minimum atomic E-state index is 0. The van der Waals surface area contributed by atoms with Gasteiger partial charge in [-0.15, -0.1) is 24.0 Å². The molecule has 1 saturated heterocycles. The second kappa shape index (κ2) is 13.7. The zero-order valence-corrected chi connectivity index (χ0v) is 21.0. The van der Waals surface area contributed by atoms with E-state index in [0.29, 0.717) is 45.2 Å². The Bertz CT molecular complexity index is 858. The zero-order chi connectivity index (χ0) is 21.9. The van der Waals surface area contributed by atoms with Gasteiger partial charge in [-0.05, 0) is 19.1 Å². The van der Waals surface area contributed by atoms with Crippen molar-refractivity contribution < 1.29 is 9.53 Å². The van der Waals surface area contributed by atoms with E-state index < -0.39 is 0 Å². The van der Waals surface area contributed by atoms with Crippen molar-refractivity contribution in [3.05, 3.63) is 48.3 Å². The number of halogens is 1. The number of guanidine groups is 1. The van der Waals surface area contributed by atoms with Gasteiger partial charge in [0.05, 0.1) is 6.61 Å². The van der Waals surface area contributed by atoms with Crippen LogP contribution in [-0.4, -0.2) is 73.1 Å². The van der Waals surface area contributed by atoms with Crippen molar-refractivity contribution in [1.29, 1.82) is 0 Å². The van der Waals surface area contributed by atoms with Gasteiger partial charge in [-0.25, -0.2) is 9.97 Å². The van der Waals surface area contributed by atoms with Crippen molar-refractivity contribution in [3.8, 4) is 5.75 Å². The number of rotatable bonds is 8. The molecule has 2 N–H and O–H groups in total. The molecule has 3 rings (SSSR count). The van der Waals surface area contributed by atoms with Crippen molar-refractivity contribution in [3.63, 3.8) is 0 Å². The van der Waals surface area contributed by atoms with Crippen LogP contribution in [0.15, 0.2) is 47.7 Å². The average Bonchev–Trinajstić information content (AvgIpc) is 2.83. The minimum absolute atomic E-state index is 0. The lowest BCUT2D eigenvalue weighted by Gasteiger charge is -2.34. The van der Waals surface area contributed by atoms with E-state index in [1.807, 2.05) is 36.1 Å². The Kier molecular flexibility index (Phi) is 11.0. The van der Waals surface area contributed by atoms with E-state index in [4.69, 9.17) is 4.74 Å². The fourth-order valence-corrected chi connectivity index (χ4v) is 3.40. The van der Waals surface area contributed by atoms with Gasteiger partial charge in [0, 0.05) is 70.7 Å². The average molecular weight is 553 g/mol. The maximum atomic E-state index is 12.6. The van der Waals surface area contributed by atoms with Gasteiger partial charge in [0.2, 0.25) is 11.9 Å². The normalized spacial score (nSPS) is 13.9. The van der Waals surface area contributed by atoms with Gasteiger partial charge < -0.3 is 25.2 Å². The molecule has 2 heterocycles. The third-order valence-corrected chi connectivity index (χ3v) is 5.04. The summed E-state index contributed by atoms with van der Waals surface area (Å²) in [6.07, 6.45) is 3.89. The Labute approximate surface area is 206 Å². The number of nitrogens with zero attached hydrogens (tertiary/aromatic N) is 5. The molecule has 32 heavy (non-hydrogen) atoms. The highest BCUT2D eigenvalue weighted by molar-refractivity contribution is 14.0. The molecule has 1 aliphatic rings. The van der Waals surface area contributed by atoms with Crippen molar-refractivity contribution in [2.24, 2.45) is 4.99 Å². The molecule has 0 radical (unpaired) electrons. The van der Waals surface area contributed by atoms with Crippen LogP contribution >= 0.6 is 24.0 Å². The summed E-state index contributed by atoms with van der Waals surface area (Å²) in [7, 11) is 1.72. The number of aliphatic imine (C=N–C) groups is 1. The van der Waals surface area contributed by atoms with Crippen LogP contribution in [0.5, 0.6) is 5.75 Å². The number of aromatic nitrogens is 2. The Morgan fingerprint density at radius 1 is 1.09 bits per heavy atom. The number of para-hydroxylation sites is 1. The highest BCUT2D eigenvalue weighted by atomic mass is 127. The second-order valence-corrected chi connectivity index (χ2v) is 7.06. The van der Waals surface area contributed by atoms with Crippen LogP contribution in [-0.2, 0) is 11.3 Å². The van der Waals surface area contributed by atoms with Crippen molar-refractivity contribution in [1.82, 2.24) is 25.5 Å². The summed E-state index contributed by atoms with van der Waals surface area (Å²) in [5, 5.41) is 6.49. The highest BCUT2D eigenvalue weighted by Gasteiger charge is 2.22. The van der Waals surface area contributed by atoms with E-state index in [2.05, 4.69) is 30.5 Å². The van der Waals surface area contributed by atoms with Crippen LogP contribution in [0, 0.1) is 0 Å². The van der Waals surface area contributed by atoms with Crippen LogP contribution in [0.1, 0.15) is 18.9 Å². The number of carbonyl (C=O) groups is 1. The number of ether oxygens (including phenoxy) is 1. The number of benzene rings is 1. The molecule has 0 atom stereocenters. The molecule has 0 bridgehead atoms. The first-order valence-electron chi connectivity index (χ1n) is 10.7. The fourth-order valence-electron chi connectivity index (χ4n) is 3.40. The summed E-state index contributed by atoms with van der Waals surface area (Å²) < 4.78 is 5.66. The molecule has 1 aliphatic heterocycles. The molecule has 0 saturated carbocycles. The molecule has 2 aromatic rings. The number of amides is 1. The number of hydrogen-bond acceptors (Lipinski definition) is 6. The van der Waals surface area contributed by atoms with Crippen LogP contribution in [0.3, 0.4) is 0 Å². The quantitative estimate of drug-likeness (QED) is 0.293. The molecule has 1 aromatic carbocycles. The lowest BCUT2D eigenvalue weighted by atomic mass is 10.2. The summed E-state index contributed by atoms with van der Waals surface area (Å²) in [5.74, 6) is 2.38. The largest absolute Gasteiger partial charge is 0.494 e. The number of anilines is 1. The van der Waals surface area contributed by atoms with Gasteiger partial charge >= 0.3 is 0 Å². The molecule has 1 aromatic heterocycles. The van der Waals surface area contributed by atoms with E-state index in [-0.39, 0.29) is 29.9 Å². The number of hydrogen-bond donors (Lipinski definition) is 2. The van der Waals surface area contributed by atoms with Gasteiger partial charge in [0.25, 0.3) is 0 Å². The lowest BCUT2D eigenvalue weighted by molar-refractivity contribution is -0.131. The second-order valence-electron chi connectivity index (χ2n) is 7.06. The first-order valence-corrected chi connectivity index (χ1v) is 10.7. The molecule has 0 unspecified atom stereocenters. The maximum absolute atomic E-state index is 12.6. The standard InChI is InChI=1S/C22H31N7O2.HI/c1-3-31-19-8-5-4-7-18(19)17-27-21(23-2)24-12-9-20(30)28-13-15-29(16-14-28)22-25-10-6-11-26-22;/h4-8,10-11H,3,9,12-17H2,1-2H3,(H2,23,24,27);1H. The van der Waals surface area contributed by atoms with Crippen molar-refractivity contribution >= 4 is 41.8 Å². The van der Waals surface area contributed by atoms with Crippen molar-refractivity contribution in [2.45, 2.75) is 19.9 Å². The monoisotopic (exact) mass is 553 g/mol. The summed E-state index contributed by atoms with van der Waals surface area (Å²) >= 11 is 0. The number of carbonyl (C=O) groups excluding carboxylic acids is 1. The first kappa shape index (κ1) is 25.6. The third-order valence-electron chi connectivity index (χ3n) is 5.04. The topological polar surface area (TPSA) is 95.0 Å². The van der Waals surface area contributed by atoms with E-state index in [0.717, 1.165) is 30.4 Å². The molecule has 9 nitrogen and oxygen atoms in total. The summed E-state index contributed by atoms with van der Waals surface area (Å²) in [4.78, 5) is 29.4. The number of piperazine rings is 1. The molecule has 0 spiro atoms. The molecule has 10 heteroatoms. The zero-order valence-electron chi connectivity index (χ0n) is 18.7. The van der Waals surface area contributed by atoms with Crippen LogP contribution in [0.2, 0.25) is 0 Å². The van der Waals surface area contributed by atoms with Gasteiger partial charge in [0.1, 0.15) is 5.75 Å². The summed E-state index contributed by atoms with van der Waals surface area (Å²) in [5.41, 5.74) is 1.06. The molecule has 0 aliphatic carbocycles. The predicted octanol–water partition coefficient (Wildman–Crippen LogP) is 1.90. The van der Waals surface area contributed by atoms with Gasteiger partial charge in [-0.1, -0.05) is 18.2 Å². The fraction of sp³-hybridized carbons (Fsp3) is 0.455. The molecule has 174 valence electrons. The Balaban J connectivity index is 0.00000363. The van der Waals surface area contributed by atoms with Crippen LogP contribution in [0.25, 0.3) is 0 Å². The van der Waals surface area contributed by atoms with Gasteiger partial charge in [-0.2, -0.15) is 0 Å². The molecular formula is C22H32IN7O2. The first-order chi connectivity index (χ1) is 15.2. The SMILES string of the molecule is CCOc1ccccc1CNC(=NC)NCCC(=O)N1CCN(c2ncccn2)CC1.I. The summed E-state index contributed by atoms with van der Waals surface area (Å²) in [6.45, 7) is 6.55. The van der Waals surface area contributed by atoms with E-state index >= 15 is 0 Å². The minimum Gasteiger partial charge on any atom is -0.494 e. The molecule has 1 amide bonds.